The largest absolute Gasteiger partial charge is 0.377 e. The minimum Gasteiger partial charge on any atom is -0.377 e. The third-order valence-electron chi connectivity index (χ3n) is 4.54. The van der Waals surface area contributed by atoms with Crippen molar-refractivity contribution in [1.82, 2.24) is 25.1 Å². The summed E-state index contributed by atoms with van der Waals surface area (Å²) in [7, 11) is 0. The summed E-state index contributed by atoms with van der Waals surface area (Å²) in [5.74, 6) is 0.115. The number of nitrogens with zero attached hydrogens (tertiary/aromatic N) is 4. The molecular formula is C17H19N5O3. The predicted octanol–water partition coefficient (Wildman–Crippen LogP) is 0.589. The number of rotatable bonds is 4. The van der Waals surface area contributed by atoms with Crippen molar-refractivity contribution in [2.45, 2.75) is 37.8 Å². The molecule has 1 saturated heterocycles. The van der Waals surface area contributed by atoms with E-state index in [9.17, 15) is 9.59 Å². The molecule has 2 atom stereocenters. The number of ether oxygens (including phenoxy) is 1. The van der Waals surface area contributed by atoms with Crippen molar-refractivity contribution in [3.63, 3.8) is 0 Å². The maximum Gasteiger partial charge on any atom is 0.271 e. The number of nitrogens with one attached hydrogen (secondary N) is 1. The smallest absolute Gasteiger partial charge is 0.271 e. The molecule has 0 bridgehead atoms. The molecule has 0 aromatic carbocycles. The van der Waals surface area contributed by atoms with Crippen LogP contribution >= 0.6 is 0 Å². The minimum atomic E-state index is -0.338. The van der Waals surface area contributed by atoms with E-state index in [-0.39, 0.29) is 29.2 Å². The first-order chi connectivity index (χ1) is 12.1. The molecule has 2 aliphatic rings. The molecule has 1 N–H and O–H groups in total. The van der Waals surface area contributed by atoms with Crippen LogP contribution in [-0.4, -0.2) is 44.9 Å². The van der Waals surface area contributed by atoms with Crippen LogP contribution in [0.3, 0.4) is 0 Å². The van der Waals surface area contributed by atoms with Gasteiger partial charge in [0, 0.05) is 18.2 Å². The van der Waals surface area contributed by atoms with Crippen LogP contribution in [0.25, 0.3) is 0 Å². The summed E-state index contributed by atoms with van der Waals surface area (Å²) < 4.78 is 6.95. The van der Waals surface area contributed by atoms with Gasteiger partial charge < -0.3 is 10.1 Å². The summed E-state index contributed by atoms with van der Waals surface area (Å²) in [5.41, 5.74) is 1.73. The van der Waals surface area contributed by atoms with Crippen LogP contribution in [0.1, 0.15) is 46.7 Å². The van der Waals surface area contributed by atoms with E-state index in [1.165, 1.54) is 10.9 Å². The fourth-order valence-electron chi connectivity index (χ4n) is 2.95. The molecule has 8 nitrogen and oxygen atoms in total. The van der Waals surface area contributed by atoms with Gasteiger partial charge in [-0.05, 0) is 25.8 Å². The van der Waals surface area contributed by atoms with Crippen LogP contribution in [0.2, 0.25) is 0 Å². The van der Waals surface area contributed by atoms with Gasteiger partial charge in [-0.15, -0.1) is 0 Å². The van der Waals surface area contributed by atoms with E-state index in [2.05, 4.69) is 20.4 Å². The second-order valence-electron chi connectivity index (χ2n) is 6.54. The lowest BCUT2D eigenvalue weighted by Crippen LogP contribution is -2.44. The van der Waals surface area contributed by atoms with E-state index in [1.807, 2.05) is 0 Å². The lowest BCUT2D eigenvalue weighted by Gasteiger charge is -2.20. The Hall–Kier alpha value is -2.61. The second-order valence-corrected chi connectivity index (χ2v) is 6.54. The molecule has 130 valence electrons. The maximum absolute atomic E-state index is 12.4. The molecule has 2 aromatic rings. The molecule has 3 heterocycles. The molecule has 1 aliphatic heterocycles. The Bertz CT molecular complexity index is 844. The van der Waals surface area contributed by atoms with Crippen LogP contribution in [0.15, 0.2) is 29.3 Å². The van der Waals surface area contributed by atoms with Crippen LogP contribution in [-0.2, 0) is 4.74 Å². The zero-order valence-electron chi connectivity index (χ0n) is 13.9. The average molecular weight is 341 g/mol. The van der Waals surface area contributed by atoms with Gasteiger partial charge in [-0.2, -0.15) is 5.10 Å². The predicted molar refractivity (Wildman–Crippen MR) is 88.4 cm³/mol. The summed E-state index contributed by atoms with van der Waals surface area (Å²) in [5, 5.41) is 7.39. The van der Waals surface area contributed by atoms with Gasteiger partial charge in [0.1, 0.15) is 11.7 Å². The van der Waals surface area contributed by atoms with Crippen molar-refractivity contribution in [2.75, 3.05) is 13.2 Å². The van der Waals surface area contributed by atoms with Gasteiger partial charge in [0.05, 0.1) is 36.8 Å². The fraction of sp³-hybridized carbons (Fsp3) is 0.471. The lowest BCUT2D eigenvalue weighted by atomic mass is 10.1. The first kappa shape index (κ1) is 15.9. The van der Waals surface area contributed by atoms with E-state index in [1.54, 1.807) is 25.3 Å². The highest BCUT2D eigenvalue weighted by Gasteiger charge is 2.34. The minimum absolute atomic E-state index is 0.186. The van der Waals surface area contributed by atoms with Crippen molar-refractivity contribution < 1.29 is 9.53 Å². The van der Waals surface area contributed by atoms with E-state index in [0.717, 1.165) is 24.2 Å². The normalized spacial score (nSPS) is 22.8. The molecule has 1 aliphatic carbocycles. The Morgan fingerprint density at radius 1 is 1.24 bits per heavy atom. The zero-order valence-corrected chi connectivity index (χ0v) is 13.9. The van der Waals surface area contributed by atoms with Gasteiger partial charge in [-0.3, -0.25) is 14.6 Å². The third kappa shape index (κ3) is 3.30. The molecule has 2 fully saturated rings. The number of aryl methyl sites for hydroxylation is 1. The number of aromatic nitrogens is 4. The van der Waals surface area contributed by atoms with Gasteiger partial charge in [0.25, 0.3) is 11.5 Å². The standard InChI is InChI=1S/C17H19N5O3/c1-10-6-19-13(7-18-10)17(24)20-14-8-25-9-15(14)22-16(23)5-4-12(21-22)11-2-3-11/h4-7,11,14-15H,2-3,8-9H2,1H3,(H,20,24). The van der Waals surface area contributed by atoms with Crippen molar-refractivity contribution >= 4 is 5.91 Å². The molecule has 2 aromatic heterocycles. The van der Waals surface area contributed by atoms with Crippen molar-refractivity contribution in [2.24, 2.45) is 0 Å². The van der Waals surface area contributed by atoms with Crippen LogP contribution < -0.4 is 10.9 Å². The number of hydrogen-bond donors (Lipinski definition) is 1. The van der Waals surface area contributed by atoms with Gasteiger partial charge in [0.15, 0.2) is 0 Å². The number of amides is 1. The van der Waals surface area contributed by atoms with Crippen LogP contribution in [0, 0.1) is 6.92 Å². The van der Waals surface area contributed by atoms with Crippen molar-refractivity contribution in [3.05, 3.63) is 52.0 Å². The molecule has 0 radical (unpaired) electrons. The lowest BCUT2D eigenvalue weighted by molar-refractivity contribution is 0.0919. The number of carbonyl (C=O) groups is 1. The van der Waals surface area contributed by atoms with Gasteiger partial charge in [0.2, 0.25) is 0 Å². The molecule has 1 saturated carbocycles. The second kappa shape index (κ2) is 6.36. The summed E-state index contributed by atoms with van der Waals surface area (Å²) in [4.78, 5) is 32.8. The van der Waals surface area contributed by atoms with Crippen molar-refractivity contribution in [1.29, 1.82) is 0 Å². The SMILES string of the molecule is Cc1cnc(C(=O)NC2COCC2n2nc(C3CC3)ccc2=O)cn1. The first-order valence-electron chi connectivity index (χ1n) is 8.39. The highest BCUT2D eigenvalue weighted by atomic mass is 16.5. The zero-order chi connectivity index (χ0) is 17.4. The monoisotopic (exact) mass is 341 g/mol. The number of carbonyl (C=O) groups excluding carboxylic acids is 1. The summed E-state index contributed by atoms with van der Waals surface area (Å²) in [6.45, 7) is 2.48. The Morgan fingerprint density at radius 3 is 2.80 bits per heavy atom. The Balaban J connectivity index is 1.54. The maximum atomic E-state index is 12.4. The summed E-state index contributed by atoms with van der Waals surface area (Å²) in [6.07, 6.45) is 5.20. The molecule has 4 rings (SSSR count). The molecule has 8 heteroatoms. The highest BCUT2D eigenvalue weighted by molar-refractivity contribution is 5.92. The van der Waals surface area contributed by atoms with Crippen LogP contribution in [0.5, 0.6) is 0 Å². The molecule has 25 heavy (non-hydrogen) atoms. The Labute approximate surface area is 144 Å². The fourth-order valence-corrected chi connectivity index (χ4v) is 2.95. The highest BCUT2D eigenvalue weighted by Crippen LogP contribution is 2.38. The molecule has 2 unspecified atom stereocenters. The topological polar surface area (TPSA) is 99.0 Å². The van der Waals surface area contributed by atoms with Gasteiger partial charge >= 0.3 is 0 Å². The van der Waals surface area contributed by atoms with E-state index in [0.29, 0.717) is 19.1 Å². The summed E-state index contributed by atoms with van der Waals surface area (Å²) in [6, 6.07) is 2.68. The average Bonchev–Trinajstić information content (AvgIpc) is 3.36. The van der Waals surface area contributed by atoms with Crippen molar-refractivity contribution in [3.8, 4) is 0 Å². The van der Waals surface area contributed by atoms with E-state index in [4.69, 9.17) is 4.74 Å². The van der Waals surface area contributed by atoms with Gasteiger partial charge in [-0.25, -0.2) is 9.67 Å². The first-order valence-corrected chi connectivity index (χ1v) is 8.39. The third-order valence-corrected chi connectivity index (χ3v) is 4.54. The quantitative estimate of drug-likeness (QED) is 0.874. The van der Waals surface area contributed by atoms with E-state index < -0.39 is 0 Å². The molecule has 1 amide bonds. The molecule has 0 spiro atoms. The molecular weight excluding hydrogens is 322 g/mol. The van der Waals surface area contributed by atoms with Crippen LogP contribution in [0.4, 0.5) is 0 Å². The van der Waals surface area contributed by atoms with Gasteiger partial charge in [-0.1, -0.05) is 0 Å². The Morgan fingerprint density at radius 2 is 2.08 bits per heavy atom. The summed E-state index contributed by atoms with van der Waals surface area (Å²) >= 11 is 0. The Kier molecular flexibility index (Phi) is 4.04. The number of hydrogen-bond acceptors (Lipinski definition) is 6. The van der Waals surface area contributed by atoms with E-state index >= 15 is 0 Å².